The number of nitrogens with one attached hydrogen (secondary N) is 1. The van der Waals surface area contributed by atoms with Crippen molar-refractivity contribution < 1.29 is 23.6 Å². The van der Waals surface area contributed by atoms with E-state index < -0.39 is 12.1 Å². The number of aromatic nitrogens is 1. The van der Waals surface area contributed by atoms with E-state index in [2.05, 4.69) is 10.5 Å². The average molecular weight is 456 g/mol. The highest BCUT2D eigenvalue weighted by Crippen LogP contribution is 2.42. The molecule has 7 nitrogen and oxygen atoms in total. The number of rotatable bonds is 4. The number of benzene rings is 2. The second-order valence-corrected chi connectivity index (χ2v) is 8.07. The minimum Gasteiger partial charge on any atom is -0.504 e. The number of nitrogens with zero attached hydrogens (tertiary/aromatic N) is 2. The van der Waals surface area contributed by atoms with Gasteiger partial charge < -0.3 is 24.6 Å². The minimum absolute atomic E-state index is 0.0116. The predicted molar refractivity (Wildman–Crippen MR) is 120 cm³/mol. The number of carbonyl (C=O) groups excluding carboxylic acids is 1. The molecule has 0 spiro atoms. The van der Waals surface area contributed by atoms with E-state index in [-0.39, 0.29) is 23.0 Å². The minimum atomic E-state index is -0.798. The van der Waals surface area contributed by atoms with E-state index in [4.69, 9.17) is 20.9 Å². The SMILES string of the molecule is COc1cc(/C(O)=C2\C(=O)Nc3cc(Cl)c(-c4ccc(N5CC[C@@H](F)C5)cc4)cc32)on1. The molecule has 1 amide bonds. The molecule has 32 heavy (non-hydrogen) atoms. The Balaban J connectivity index is 1.53. The lowest BCUT2D eigenvalue weighted by molar-refractivity contribution is -0.110. The average Bonchev–Trinajstić information content (AvgIpc) is 3.51. The summed E-state index contributed by atoms with van der Waals surface area (Å²) < 4.78 is 23.6. The second kappa shape index (κ2) is 7.87. The smallest absolute Gasteiger partial charge is 0.260 e. The van der Waals surface area contributed by atoms with Crippen LogP contribution in [0.5, 0.6) is 5.88 Å². The van der Waals surface area contributed by atoms with Crippen molar-refractivity contribution in [1.29, 1.82) is 0 Å². The highest BCUT2D eigenvalue weighted by Gasteiger charge is 2.31. The first-order chi connectivity index (χ1) is 15.4. The lowest BCUT2D eigenvalue weighted by atomic mass is 9.98. The van der Waals surface area contributed by atoms with E-state index in [0.29, 0.717) is 41.3 Å². The zero-order chi connectivity index (χ0) is 22.4. The number of aliphatic hydroxyl groups excluding tert-OH is 1. The standard InChI is InChI=1S/C23H19ClFN3O4/c1-31-20-10-19(32-27-20)22(29)21-16-8-15(17(24)9-18(16)26-23(21)30)12-2-4-14(5-3-12)28-7-6-13(25)11-28/h2-5,8-10,13,29H,6-7,11H2,1H3,(H,26,30)/b22-21+/t13-/m1/s1. The number of anilines is 2. The molecular formula is C23H19ClFN3O4. The van der Waals surface area contributed by atoms with Crippen LogP contribution in [-0.4, -0.2) is 42.5 Å². The van der Waals surface area contributed by atoms with Gasteiger partial charge in [-0.2, -0.15) is 0 Å². The summed E-state index contributed by atoms with van der Waals surface area (Å²) in [6, 6.07) is 12.4. The Labute approximate surface area is 188 Å². The predicted octanol–water partition coefficient (Wildman–Crippen LogP) is 4.93. The summed E-state index contributed by atoms with van der Waals surface area (Å²) in [5.41, 5.74) is 3.50. The second-order valence-electron chi connectivity index (χ2n) is 7.67. The summed E-state index contributed by atoms with van der Waals surface area (Å²) in [5.74, 6) is -0.640. The molecule has 0 aliphatic carbocycles. The summed E-state index contributed by atoms with van der Waals surface area (Å²) in [6.45, 7) is 1.08. The molecule has 164 valence electrons. The normalized spacial score (nSPS) is 19.2. The molecule has 2 aliphatic rings. The Morgan fingerprint density at radius 3 is 2.72 bits per heavy atom. The number of halogens is 2. The fourth-order valence-electron chi connectivity index (χ4n) is 4.04. The third kappa shape index (κ3) is 3.46. The number of amides is 1. The lowest BCUT2D eigenvalue weighted by Gasteiger charge is -2.18. The van der Waals surface area contributed by atoms with Crippen LogP contribution < -0.4 is 15.0 Å². The highest BCUT2D eigenvalue weighted by atomic mass is 35.5. The van der Waals surface area contributed by atoms with Crippen LogP contribution >= 0.6 is 11.6 Å². The summed E-state index contributed by atoms with van der Waals surface area (Å²) in [6.07, 6.45) is -0.261. The van der Waals surface area contributed by atoms with E-state index in [0.717, 1.165) is 11.3 Å². The maximum Gasteiger partial charge on any atom is 0.260 e. The fourth-order valence-corrected chi connectivity index (χ4v) is 4.31. The van der Waals surface area contributed by atoms with Gasteiger partial charge in [0.1, 0.15) is 6.17 Å². The van der Waals surface area contributed by atoms with Gasteiger partial charge in [-0.25, -0.2) is 4.39 Å². The van der Waals surface area contributed by atoms with Crippen LogP contribution in [0, 0.1) is 0 Å². The van der Waals surface area contributed by atoms with Crippen molar-refractivity contribution >= 4 is 40.2 Å². The van der Waals surface area contributed by atoms with Gasteiger partial charge in [0, 0.05) is 29.9 Å². The lowest BCUT2D eigenvalue weighted by Crippen LogP contribution is -2.19. The molecule has 0 radical (unpaired) electrons. The van der Waals surface area contributed by atoms with Crippen LogP contribution in [-0.2, 0) is 4.79 Å². The number of hydrogen-bond donors (Lipinski definition) is 2. The van der Waals surface area contributed by atoms with Gasteiger partial charge in [-0.05, 0) is 41.4 Å². The molecule has 3 aromatic rings. The molecule has 1 aromatic heterocycles. The van der Waals surface area contributed by atoms with Gasteiger partial charge in [0.15, 0.2) is 5.76 Å². The van der Waals surface area contributed by atoms with Crippen LogP contribution in [0.15, 0.2) is 47.0 Å². The number of fused-ring (bicyclic) bond motifs is 1. The van der Waals surface area contributed by atoms with E-state index in [1.807, 2.05) is 29.2 Å². The Kier molecular flexibility index (Phi) is 5.01. The van der Waals surface area contributed by atoms with Crippen LogP contribution in [0.25, 0.3) is 22.5 Å². The molecule has 0 saturated carbocycles. The van der Waals surface area contributed by atoms with E-state index in [1.54, 1.807) is 12.1 Å². The summed E-state index contributed by atoms with van der Waals surface area (Å²) in [5, 5.41) is 17.5. The van der Waals surface area contributed by atoms with Crippen molar-refractivity contribution in [1.82, 2.24) is 5.16 Å². The molecule has 2 aliphatic heterocycles. The van der Waals surface area contributed by atoms with E-state index in [1.165, 1.54) is 13.2 Å². The van der Waals surface area contributed by atoms with Crippen molar-refractivity contribution in [2.24, 2.45) is 0 Å². The van der Waals surface area contributed by atoms with Gasteiger partial charge in [0.2, 0.25) is 5.76 Å². The Hall–Kier alpha value is -3.52. The first kappa shape index (κ1) is 20.4. The van der Waals surface area contributed by atoms with Crippen molar-refractivity contribution in [3.8, 4) is 17.0 Å². The summed E-state index contributed by atoms with van der Waals surface area (Å²) >= 11 is 6.51. The molecule has 1 fully saturated rings. The van der Waals surface area contributed by atoms with Crippen LogP contribution in [0.2, 0.25) is 5.02 Å². The first-order valence-corrected chi connectivity index (χ1v) is 10.4. The van der Waals surface area contributed by atoms with Crippen LogP contribution in [0.3, 0.4) is 0 Å². The number of methoxy groups -OCH3 is 1. The third-order valence-corrected chi connectivity index (χ3v) is 6.01. The third-order valence-electron chi connectivity index (χ3n) is 5.69. The van der Waals surface area contributed by atoms with Crippen LogP contribution in [0.1, 0.15) is 17.7 Å². The molecule has 0 unspecified atom stereocenters. The Bertz CT molecular complexity index is 1240. The number of carbonyl (C=O) groups is 1. The molecule has 2 aromatic carbocycles. The first-order valence-electron chi connectivity index (χ1n) is 10.0. The van der Waals surface area contributed by atoms with Crippen molar-refractivity contribution in [3.05, 3.63) is 58.8 Å². The summed E-state index contributed by atoms with van der Waals surface area (Å²) in [7, 11) is 1.42. The molecule has 2 N–H and O–H groups in total. The van der Waals surface area contributed by atoms with E-state index >= 15 is 0 Å². The van der Waals surface area contributed by atoms with Gasteiger partial charge in [0.25, 0.3) is 11.8 Å². The topological polar surface area (TPSA) is 87.8 Å². The molecule has 1 atom stereocenters. The van der Waals surface area contributed by atoms with Crippen molar-refractivity contribution in [3.63, 3.8) is 0 Å². The number of alkyl halides is 1. The highest BCUT2D eigenvalue weighted by molar-refractivity contribution is 6.38. The van der Waals surface area contributed by atoms with Crippen molar-refractivity contribution in [2.75, 3.05) is 30.4 Å². The largest absolute Gasteiger partial charge is 0.504 e. The molecule has 5 rings (SSSR count). The fraction of sp³-hybridized carbons (Fsp3) is 0.217. The molecule has 3 heterocycles. The number of aliphatic hydroxyl groups is 1. The number of ether oxygens (including phenoxy) is 1. The number of hydrogen-bond acceptors (Lipinski definition) is 6. The Morgan fingerprint density at radius 2 is 2.06 bits per heavy atom. The van der Waals surface area contributed by atoms with Gasteiger partial charge >= 0.3 is 0 Å². The maximum atomic E-state index is 13.5. The Morgan fingerprint density at radius 1 is 1.28 bits per heavy atom. The zero-order valence-corrected chi connectivity index (χ0v) is 17.8. The van der Waals surface area contributed by atoms with Gasteiger partial charge in [0.05, 0.1) is 29.5 Å². The molecule has 9 heteroatoms. The van der Waals surface area contributed by atoms with Crippen molar-refractivity contribution in [2.45, 2.75) is 12.6 Å². The monoisotopic (exact) mass is 455 g/mol. The van der Waals surface area contributed by atoms with Gasteiger partial charge in [-0.3, -0.25) is 4.79 Å². The quantitative estimate of drug-likeness (QED) is 0.428. The van der Waals surface area contributed by atoms with Gasteiger partial charge in [-0.15, -0.1) is 0 Å². The molecule has 1 saturated heterocycles. The van der Waals surface area contributed by atoms with Crippen LogP contribution in [0.4, 0.5) is 15.8 Å². The molecule has 0 bridgehead atoms. The van der Waals surface area contributed by atoms with E-state index in [9.17, 15) is 14.3 Å². The zero-order valence-electron chi connectivity index (χ0n) is 17.1. The molecular weight excluding hydrogens is 437 g/mol. The summed E-state index contributed by atoms with van der Waals surface area (Å²) in [4.78, 5) is 14.6. The van der Waals surface area contributed by atoms with Gasteiger partial charge in [-0.1, -0.05) is 23.7 Å². The maximum absolute atomic E-state index is 13.5.